The molecule has 3 rings (SSSR count). The Hall–Kier alpha value is -1.84. The molecule has 1 aliphatic rings. The molecule has 0 atom stereocenters. The zero-order valence-electron chi connectivity index (χ0n) is 10.1. The van der Waals surface area contributed by atoms with Gasteiger partial charge in [0.15, 0.2) is 0 Å². The minimum atomic E-state index is 0.137. The minimum absolute atomic E-state index is 0.137. The number of nitrogens with zero attached hydrogens (tertiary/aromatic N) is 3. The highest BCUT2D eigenvalue weighted by Crippen LogP contribution is 2.21. The summed E-state index contributed by atoms with van der Waals surface area (Å²) < 4.78 is 2.11. The smallest absolute Gasteiger partial charge is 0.219 e. The summed E-state index contributed by atoms with van der Waals surface area (Å²) in [5.74, 6) is 0.137. The van der Waals surface area contributed by atoms with Gasteiger partial charge in [0.25, 0.3) is 0 Å². The number of carbonyl (C=O) groups excluding carboxylic acids is 1. The summed E-state index contributed by atoms with van der Waals surface area (Å²) in [5, 5.41) is 0. The van der Waals surface area contributed by atoms with Crippen LogP contribution in [0.2, 0.25) is 0 Å². The van der Waals surface area contributed by atoms with Crippen LogP contribution in [0.4, 0.5) is 0 Å². The standard InChI is InChI=1S/C13H15N3O/c1-9-4-3-6-16-12-8-15(10(2)17)7-5-11(12)14-13(9)16/h3-4,6H,5,7-8H2,1-2H3. The number of amides is 1. The third kappa shape index (κ3) is 1.52. The average molecular weight is 229 g/mol. The van der Waals surface area contributed by atoms with Crippen molar-refractivity contribution in [2.75, 3.05) is 6.54 Å². The first-order valence-electron chi connectivity index (χ1n) is 5.88. The molecule has 0 radical (unpaired) electrons. The van der Waals surface area contributed by atoms with Crippen LogP contribution in [0.3, 0.4) is 0 Å². The van der Waals surface area contributed by atoms with Gasteiger partial charge in [-0.3, -0.25) is 4.79 Å². The Bertz CT molecular complexity index is 600. The summed E-state index contributed by atoms with van der Waals surface area (Å²) >= 11 is 0. The molecule has 88 valence electrons. The Morgan fingerprint density at radius 1 is 1.47 bits per heavy atom. The average Bonchev–Trinajstić information content (AvgIpc) is 2.68. The molecule has 4 nitrogen and oxygen atoms in total. The highest BCUT2D eigenvalue weighted by atomic mass is 16.2. The van der Waals surface area contributed by atoms with Crippen LogP contribution < -0.4 is 0 Å². The van der Waals surface area contributed by atoms with E-state index in [1.165, 1.54) is 5.56 Å². The molecule has 3 heterocycles. The molecule has 1 aliphatic heterocycles. The summed E-state index contributed by atoms with van der Waals surface area (Å²) in [5.41, 5.74) is 4.49. The van der Waals surface area contributed by atoms with Crippen molar-refractivity contribution in [3.8, 4) is 0 Å². The maximum absolute atomic E-state index is 11.4. The first-order valence-corrected chi connectivity index (χ1v) is 5.88. The van der Waals surface area contributed by atoms with Gasteiger partial charge in [0, 0.05) is 26.1 Å². The van der Waals surface area contributed by atoms with Gasteiger partial charge < -0.3 is 9.30 Å². The summed E-state index contributed by atoms with van der Waals surface area (Å²) in [4.78, 5) is 18.0. The zero-order chi connectivity index (χ0) is 12.0. The van der Waals surface area contributed by atoms with E-state index < -0.39 is 0 Å². The molecule has 0 bridgehead atoms. The van der Waals surface area contributed by atoms with Crippen molar-refractivity contribution in [1.82, 2.24) is 14.3 Å². The van der Waals surface area contributed by atoms with E-state index in [0.717, 1.165) is 30.0 Å². The lowest BCUT2D eigenvalue weighted by Crippen LogP contribution is -2.34. The maximum atomic E-state index is 11.4. The van der Waals surface area contributed by atoms with Crippen LogP contribution in [-0.4, -0.2) is 26.7 Å². The predicted molar refractivity (Wildman–Crippen MR) is 64.7 cm³/mol. The number of hydrogen-bond donors (Lipinski definition) is 0. The second-order valence-corrected chi connectivity index (χ2v) is 4.58. The van der Waals surface area contributed by atoms with Gasteiger partial charge in [0.05, 0.1) is 17.9 Å². The topological polar surface area (TPSA) is 37.6 Å². The van der Waals surface area contributed by atoms with Crippen LogP contribution in [0.5, 0.6) is 0 Å². The Morgan fingerprint density at radius 3 is 3.06 bits per heavy atom. The number of rotatable bonds is 0. The molecule has 0 aromatic carbocycles. The molecule has 0 fully saturated rings. The van der Waals surface area contributed by atoms with E-state index in [2.05, 4.69) is 22.4 Å². The van der Waals surface area contributed by atoms with Crippen molar-refractivity contribution in [1.29, 1.82) is 0 Å². The maximum Gasteiger partial charge on any atom is 0.219 e. The monoisotopic (exact) mass is 229 g/mol. The molecular formula is C13H15N3O. The third-order valence-electron chi connectivity index (χ3n) is 3.43. The molecule has 4 heteroatoms. The Labute approximate surface area is 99.9 Å². The number of hydrogen-bond acceptors (Lipinski definition) is 2. The van der Waals surface area contributed by atoms with Crippen molar-refractivity contribution >= 4 is 11.6 Å². The van der Waals surface area contributed by atoms with Gasteiger partial charge in [-0.2, -0.15) is 0 Å². The van der Waals surface area contributed by atoms with Gasteiger partial charge in [-0.15, -0.1) is 0 Å². The number of aromatic nitrogens is 2. The molecule has 2 aromatic rings. The largest absolute Gasteiger partial charge is 0.337 e. The number of pyridine rings is 1. The van der Waals surface area contributed by atoms with Crippen molar-refractivity contribution < 1.29 is 4.79 Å². The number of imidazole rings is 1. The van der Waals surface area contributed by atoms with E-state index in [1.54, 1.807) is 6.92 Å². The molecule has 1 amide bonds. The van der Waals surface area contributed by atoms with Gasteiger partial charge in [0.2, 0.25) is 5.91 Å². The lowest BCUT2D eigenvalue weighted by Gasteiger charge is -2.25. The third-order valence-corrected chi connectivity index (χ3v) is 3.43. The summed E-state index contributed by atoms with van der Waals surface area (Å²) in [7, 11) is 0. The summed E-state index contributed by atoms with van der Waals surface area (Å²) in [6.07, 6.45) is 2.88. The van der Waals surface area contributed by atoms with E-state index in [0.29, 0.717) is 6.54 Å². The summed E-state index contributed by atoms with van der Waals surface area (Å²) in [6, 6.07) is 4.09. The molecule has 0 spiro atoms. The SMILES string of the molecule is CC(=O)N1CCc2nc3c(C)cccn3c2C1. The quantitative estimate of drug-likeness (QED) is 0.687. The first-order chi connectivity index (χ1) is 8.16. The van der Waals surface area contributed by atoms with Crippen molar-refractivity contribution in [2.45, 2.75) is 26.8 Å². The Morgan fingerprint density at radius 2 is 2.29 bits per heavy atom. The Kier molecular flexibility index (Phi) is 2.18. The molecule has 0 saturated heterocycles. The van der Waals surface area contributed by atoms with E-state index in [1.807, 2.05) is 17.2 Å². The fourth-order valence-corrected chi connectivity index (χ4v) is 2.44. The van der Waals surface area contributed by atoms with E-state index >= 15 is 0 Å². The fourth-order valence-electron chi connectivity index (χ4n) is 2.44. The van der Waals surface area contributed by atoms with Crippen molar-refractivity contribution in [3.05, 3.63) is 35.3 Å². The molecule has 0 unspecified atom stereocenters. The molecular weight excluding hydrogens is 214 g/mol. The second kappa shape index (κ2) is 3.58. The van der Waals surface area contributed by atoms with Gasteiger partial charge in [0.1, 0.15) is 5.65 Å². The zero-order valence-corrected chi connectivity index (χ0v) is 10.1. The molecule has 0 saturated carbocycles. The molecule has 0 N–H and O–H groups in total. The van der Waals surface area contributed by atoms with E-state index in [9.17, 15) is 4.79 Å². The van der Waals surface area contributed by atoms with E-state index in [-0.39, 0.29) is 5.91 Å². The minimum Gasteiger partial charge on any atom is -0.337 e. The van der Waals surface area contributed by atoms with Gasteiger partial charge in [-0.05, 0) is 18.6 Å². The fraction of sp³-hybridized carbons (Fsp3) is 0.385. The van der Waals surface area contributed by atoms with Gasteiger partial charge >= 0.3 is 0 Å². The highest BCUT2D eigenvalue weighted by Gasteiger charge is 2.22. The van der Waals surface area contributed by atoms with Crippen LogP contribution in [0.15, 0.2) is 18.3 Å². The number of fused-ring (bicyclic) bond motifs is 3. The van der Waals surface area contributed by atoms with Crippen LogP contribution in [0.1, 0.15) is 23.9 Å². The van der Waals surface area contributed by atoms with Crippen LogP contribution in [0.25, 0.3) is 5.65 Å². The highest BCUT2D eigenvalue weighted by molar-refractivity contribution is 5.73. The normalized spacial score (nSPS) is 15.1. The lowest BCUT2D eigenvalue weighted by atomic mass is 10.1. The van der Waals surface area contributed by atoms with E-state index in [4.69, 9.17) is 0 Å². The van der Waals surface area contributed by atoms with Gasteiger partial charge in [-0.25, -0.2) is 4.98 Å². The first kappa shape index (κ1) is 10.3. The van der Waals surface area contributed by atoms with Crippen molar-refractivity contribution in [2.24, 2.45) is 0 Å². The van der Waals surface area contributed by atoms with Crippen LogP contribution in [0, 0.1) is 6.92 Å². The summed E-state index contributed by atoms with van der Waals surface area (Å²) in [6.45, 7) is 5.15. The lowest BCUT2D eigenvalue weighted by molar-refractivity contribution is -0.129. The van der Waals surface area contributed by atoms with Crippen LogP contribution in [-0.2, 0) is 17.8 Å². The molecule has 0 aliphatic carbocycles. The number of carbonyl (C=O) groups is 1. The van der Waals surface area contributed by atoms with Crippen molar-refractivity contribution in [3.63, 3.8) is 0 Å². The Balaban J connectivity index is 2.15. The molecule has 2 aromatic heterocycles. The molecule has 17 heavy (non-hydrogen) atoms. The van der Waals surface area contributed by atoms with Crippen LogP contribution >= 0.6 is 0 Å². The predicted octanol–water partition coefficient (Wildman–Crippen LogP) is 1.55. The number of aryl methyl sites for hydroxylation is 1. The van der Waals surface area contributed by atoms with Gasteiger partial charge in [-0.1, -0.05) is 6.07 Å². The second-order valence-electron chi connectivity index (χ2n) is 4.58.